The molecule has 9 heteroatoms. The molecule has 0 radical (unpaired) electrons. The molecule has 4 aromatic rings. The summed E-state index contributed by atoms with van der Waals surface area (Å²) in [4.78, 5) is 17.2. The molecule has 202 valence electrons. The number of aryl methyl sites for hydroxylation is 1. The summed E-state index contributed by atoms with van der Waals surface area (Å²) < 4.78 is 14.7. The fourth-order valence-corrected chi connectivity index (χ4v) is 5.90. The van der Waals surface area contributed by atoms with Gasteiger partial charge in [0.25, 0.3) is 5.91 Å². The Labute approximate surface area is 232 Å². The van der Waals surface area contributed by atoms with Gasteiger partial charge in [-0.2, -0.15) is 0 Å². The van der Waals surface area contributed by atoms with Crippen molar-refractivity contribution < 1.29 is 14.3 Å². The van der Waals surface area contributed by atoms with Crippen LogP contribution in [0.15, 0.2) is 54.0 Å². The zero-order valence-electron chi connectivity index (χ0n) is 22.0. The van der Waals surface area contributed by atoms with Crippen LogP contribution in [0.3, 0.4) is 0 Å². The van der Waals surface area contributed by atoms with Crippen LogP contribution in [0.5, 0.6) is 17.2 Å². The highest BCUT2D eigenvalue weighted by Gasteiger charge is 2.18. The molecule has 3 heterocycles. The third-order valence-electron chi connectivity index (χ3n) is 7.46. The maximum absolute atomic E-state index is 13.0. The van der Waals surface area contributed by atoms with Gasteiger partial charge in [0.15, 0.2) is 11.0 Å². The van der Waals surface area contributed by atoms with E-state index in [4.69, 9.17) is 9.47 Å². The molecule has 0 atom stereocenters. The number of rotatable bonds is 8. The molecule has 2 aromatic heterocycles. The molecule has 8 nitrogen and oxygen atoms in total. The van der Waals surface area contributed by atoms with Crippen molar-refractivity contribution in [2.24, 2.45) is 5.92 Å². The predicted octanol–water partition coefficient (Wildman–Crippen LogP) is 7.13. The van der Waals surface area contributed by atoms with Gasteiger partial charge in [-0.15, -0.1) is 21.5 Å². The quantitative estimate of drug-likeness (QED) is 0.254. The lowest BCUT2D eigenvalue weighted by molar-refractivity contribution is 0.102. The van der Waals surface area contributed by atoms with Crippen molar-refractivity contribution in [1.82, 2.24) is 19.7 Å². The number of hydrogen-bond donors (Lipinski definition) is 1. The van der Waals surface area contributed by atoms with E-state index in [1.807, 2.05) is 35.7 Å². The summed E-state index contributed by atoms with van der Waals surface area (Å²) >= 11 is 1.38. The van der Waals surface area contributed by atoms with Gasteiger partial charge in [-0.1, -0.05) is 25.7 Å². The Kier molecular flexibility index (Phi) is 7.85. The van der Waals surface area contributed by atoms with Crippen molar-refractivity contribution in [3.05, 3.63) is 65.4 Å². The van der Waals surface area contributed by atoms with Crippen LogP contribution in [0.1, 0.15) is 67.5 Å². The fourth-order valence-electron chi connectivity index (χ4n) is 5.37. The highest BCUT2D eigenvalue weighted by molar-refractivity contribution is 7.13. The first kappa shape index (κ1) is 25.6. The number of ether oxygens (including phenoxy) is 2. The number of carbonyl (C=O) groups excluding carboxylic acids is 1. The van der Waals surface area contributed by atoms with Crippen molar-refractivity contribution in [2.75, 3.05) is 11.9 Å². The topological polar surface area (TPSA) is 91.2 Å². The maximum atomic E-state index is 13.0. The average molecular weight is 544 g/mol. The van der Waals surface area contributed by atoms with E-state index in [2.05, 4.69) is 25.1 Å². The predicted molar refractivity (Wildman–Crippen MR) is 152 cm³/mol. The second-order valence-corrected chi connectivity index (χ2v) is 11.2. The molecule has 0 spiro atoms. The Morgan fingerprint density at radius 1 is 0.949 bits per heavy atom. The normalized spacial score (nSPS) is 15.8. The van der Waals surface area contributed by atoms with E-state index in [0.717, 1.165) is 43.0 Å². The van der Waals surface area contributed by atoms with E-state index in [-0.39, 0.29) is 5.91 Å². The lowest BCUT2D eigenvalue weighted by Gasteiger charge is -2.22. The number of hydrogen-bond acceptors (Lipinski definition) is 7. The van der Waals surface area contributed by atoms with Gasteiger partial charge in [0.2, 0.25) is 0 Å². The number of thiazole rings is 1. The maximum Gasteiger partial charge on any atom is 0.257 e. The third kappa shape index (κ3) is 6.30. The summed E-state index contributed by atoms with van der Waals surface area (Å²) in [6.07, 6.45) is 12.4. The first-order valence-corrected chi connectivity index (χ1v) is 14.8. The summed E-state index contributed by atoms with van der Waals surface area (Å²) in [5.74, 6) is 4.12. The average Bonchev–Trinajstić information content (AvgIpc) is 3.57. The van der Waals surface area contributed by atoms with Crippen LogP contribution in [0, 0.1) is 5.92 Å². The highest BCUT2D eigenvalue weighted by Crippen LogP contribution is 2.31. The lowest BCUT2D eigenvalue weighted by atomic mass is 9.90. The summed E-state index contributed by atoms with van der Waals surface area (Å²) in [7, 11) is 0. The highest BCUT2D eigenvalue weighted by atomic mass is 32.1. The Balaban J connectivity index is 1.21. The molecule has 1 aliphatic carbocycles. The Morgan fingerprint density at radius 3 is 2.59 bits per heavy atom. The smallest absolute Gasteiger partial charge is 0.257 e. The van der Waals surface area contributed by atoms with Gasteiger partial charge < -0.3 is 14.0 Å². The minimum absolute atomic E-state index is 0.249. The molecule has 1 N–H and O–H groups in total. The molecular formula is C30H33N5O3S. The van der Waals surface area contributed by atoms with Gasteiger partial charge in [0.05, 0.1) is 6.61 Å². The van der Waals surface area contributed by atoms with Crippen molar-refractivity contribution in [3.8, 4) is 28.6 Å². The SMILES string of the molecule is O=C(Nc1nccs1)c1cc(OCC2CCCCC2)cc(Oc2ccc(-c3nnc4n3CCCCC4)cc2)c1. The standard InChI is InChI=1S/C30H33N5O3S/c36-29(32-30-31-14-16-39-30)23-17-25(37-20-21-7-3-1-4-8-21)19-26(18-23)38-24-12-10-22(11-13-24)28-34-33-27-9-5-2-6-15-35(27)28/h10-14,16-19,21H,1-9,15,20H2,(H,31,32,36). The van der Waals surface area contributed by atoms with Gasteiger partial charge in [-0.25, -0.2) is 4.98 Å². The number of aromatic nitrogens is 4. The summed E-state index contributed by atoms with van der Waals surface area (Å²) in [6.45, 7) is 1.60. The van der Waals surface area contributed by atoms with Crippen LogP contribution in [-0.4, -0.2) is 32.3 Å². The lowest BCUT2D eigenvalue weighted by Crippen LogP contribution is -2.16. The van der Waals surface area contributed by atoms with Crippen LogP contribution in [0.25, 0.3) is 11.4 Å². The molecule has 39 heavy (non-hydrogen) atoms. The molecule has 0 unspecified atom stereocenters. The number of fused-ring (bicyclic) bond motifs is 1. The molecule has 1 aliphatic heterocycles. The number of benzene rings is 2. The van der Waals surface area contributed by atoms with Crippen LogP contribution < -0.4 is 14.8 Å². The van der Waals surface area contributed by atoms with Crippen LogP contribution in [-0.2, 0) is 13.0 Å². The minimum atomic E-state index is -0.249. The van der Waals surface area contributed by atoms with Gasteiger partial charge in [0, 0.05) is 41.7 Å². The summed E-state index contributed by atoms with van der Waals surface area (Å²) in [6, 6.07) is 13.3. The monoisotopic (exact) mass is 543 g/mol. The molecule has 0 saturated heterocycles. The van der Waals surface area contributed by atoms with Gasteiger partial charge in [-0.05, 0) is 68.0 Å². The zero-order valence-corrected chi connectivity index (χ0v) is 22.8. The van der Waals surface area contributed by atoms with Gasteiger partial charge >= 0.3 is 0 Å². The minimum Gasteiger partial charge on any atom is -0.493 e. The van der Waals surface area contributed by atoms with E-state index in [1.54, 1.807) is 18.3 Å². The van der Waals surface area contributed by atoms with Crippen LogP contribution in [0.4, 0.5) is 5.13 Å². The first-order valence-electron chi connectivity index (χ1n) is 13.9. The van der Waals surface area contributed by atoms with Crippen LogP contribution in [0.2, 0.25) is 0 Å². The van der Waals surface area contributed by atoms with E-state index in [0.29, 0.717) is 40.5 Å². The molecule has 1 amide bonds. The second kappa shape index (κ2) is 12.0. The molecule has 1 saturated carbocycles. The second-order valence-electron chi connectivity index (χ2n) is 10.3. The molecule has 2 aromatic carbocycles. The number of nitrogens with one attached hydrogen (secondary N) is 1. The number of anilines is 1. The Bertz CT molecular complexity index is 1390. The van der Waals surface area contributed by atoms with Crippen molar-refractivity contribution in [1.29, 1.82) is 0 Å². The number of nitrogens with zero attached hydrogens (tertiary/aromatic N) is 4. The molecule has 1 fully saturated rings. The van der Waals surface area contributed by atoms with E-state index < -0.39 is 0 Å². The van der Waals surface area contributed by atoms with E-state index in [1.165, 1.54) is 49.9 Å². The van der Waals surface area contributed by atoms with Crippen molar-refractivity contribution in [3.63, 3.8) is 0 Å². The molecule has 0 bridgehead atoms. The molecule has 2 aliphatic rings. The van der Waals surface area contributed by atoms with Gasteiger partial charge in [-0.3, -0.25) is 10.1 Å². The largest absolute Gasteiger partial charge is 0.493 e. The zero-order chi connectivity index (χ0) is 26.4. The van der Waals surface area contributed by atoms with E-state index in [9.17, 15) is 4.79 Å². The van der Waals surface area contributed by atoms with Crippen molar-refractivity contribution in [2.45, 2.75) is 64.3 Å². The number of amides is 1. The Hall–Kier alpha value is -3.72. The first-order chi connectivity index (χ1) is 19.2. The fraction of sp³-hybridized carbons (Fsp3) is 0.400. The molecule has 6 rings (SSSR count). The summed E-state index contributed by atoms with van der Waals surface area (Å²) in [5.41, 5.74) is 1.47. The van der Waals surface area contributed by atoms with E-state index >= 15 is 0 Å². The van der Waals surface area contributed by atoms with Gasteiger partial charge in [0.1, 0.15) is 23.1 Å². The molecular weight excluding hydrogens is 510 g/mol. The Morgan fingerprint density at radius 2 is 1.77 bits per heavy atom. The summed E-state index contributed by atoms with van der Waals surface area (Å²) in [5, 5.41) is 14.1. The number of carbonyl (C=O) groups is 1. The third-order valence-corrected chi connectivity index (χ3v) is 8.15. The van der Waals surface area contributed by atoms with Crippen molar-refractivity contribution >= 4 is 22.4 Å². The van der Waals surface area contributed by atoms with Crippen LogP contribution >= 0.6 is 11.3 Å².